The molecule has 0 nitrogen and oxygen atoms in total. The van der Waals surface area contributed by atoms with Gasteiger partial charge in [0, 0.05) is 5.92 Å². The van der Waals surface area contributed by atoms with Gasteiger partial charge in [-0.15, -0.1) is 0 Å². The molecule has 0 aromatic heterocycles. The molecule has 0 saturated heterocycles. The van der Waals surface area contributed by atoms with Crippen LogP contribution in [0.1, 0.15) is 116 Å². The molecule has 0 fully saturated rings. The van der Waals surface area contributed by atoms with E-state index >= 15 is 0 Å². The normalized spacial score (nSPS) is 16.5. The van der Waals surface area contributed by atoms with E-state index in [2.05, 4.69) is 111 Å². The van der Waals surface area contributed by atoms with Crippen molar-refractivity contribution in [1.82, 2.24) is 0 Å². The minimum absolute atomic E-state index is 0.0669. The van der Waals surface area contributed by atoms with Crippen molar-refractivity contribution in [3.63, 3.8) is 0 Å². The predicted molar refractivity (Wildman–Crippen MR) is 145 cm³/mol. The lowest BCUT2D eigenvalue weighted by Gasteiger charge is -2.36. The van der Waals surface area contributed by atoms with Gasteiger partial charge in [-0.05, 0) is 68.9 Å². The zero-order valence-corrected chi connectivity index (χ0v) is 22.5. The van der Waals surface area contributed by atoms with E-state index in [1.165, 1.54) is 52.6 Å². The maximum atomic E-state index is 2.54. The molecule has 2 aliphatic rings. The first-order chi connectivity index (χ1) is 15.3. The van der Waals surface area contributed by atoms with Gasteiger partial charge in [-0.3, -0.25) is 0 Å². The Morgan fingerprint density at radius 1 is 0.758 bits per heavy atom. The zero-order chi connectivity index (χ0) is 24.2. The van der Waals surface area contributed by atoms with Crippen LogP contribution in [0.15, 0.2) is 59.7 Å². The van der Waals surface area contributed by atoms with Gasteiger partial charge in [-0.2, -0.15) is 0 Å². The van der Waals surface area contributed by atoms with Crippen LogP contribution in [-0.2, 0) is 10.8 Å². The van der Waals surface area contributed by atoms with Crippen LogP contribution >= 0.6 is 0 Å². The average molecular weight is 441 g/mol. The van der Waals surface area contributed by atoms with Crippen LogP contribution in [-0.4, -0.2) is 0 Å². The Balaban J connectivity index is 1.86. The molecule has 33 heavy (non-hydrogen) atoms. The standard InChI is InChI=1S/C33H44/c1-10-11-12-22-13-14-25(19-22)33(8,9)30-28-20-23(31(2,3)4)15-17-26(28)27-18-16-24(21-29(27)30)32(5,6)7/h13,15-21,30H,10-12,14H2,1-9H3. The maximum absolute atomic E-state index is 2.54. The van der Waals surface area contributed by atoms with Crippen LogP contribution in [0.25, 0.3) is 11.1 Å². The van der Waals surface area contributed by atoms with Crippen molar-refractivity contribution in [2.45, 2.75) is 105 Å². The monoisotopic (exact) mass is 440 g/mol. The van der Waals surface area contributed by atoms with E-state index in [-0.39, 0.29) is 16.2 Å². The third-order valence-electron chi connectivity index (χ3n) is 8.06. The van der Waals surface area contributed by atoms with Crippen LogP contribution in [0.3, 0.4) is 0 Å². The molecule has 0 amide bonds. The van der Waals surface area contributed by atoms with Gasteiger partial charge in [-0.25, -0.2) is 0 Å². The second-order valence-corrected chi connectivity index (χ2v) is 13.0. The van der Waals surface area contributed by atoms with Gasteiger partial charge in [-0.1, -0.05) is 128 Å². The fourth-order valence-corrected chi connectivity index (χ4v) is 5.74. The second kappa shape index (κ2) is 8.30. The topological polar surface area (TPSA) is 0 Å². The molecule has 0 saturated carbocycles. The second-order valence-electron chi connectivity index (χ2n) is 13.0. The van der Waals surface area contributed by atoms with E-state index in [0.29, 0.717) is 5.92 Å². The molecule has 0 N–H and O–H groups in total. The Hall–Kier alpha value is -2.08. The molecule has 0 bridgehead atoms. The Kier molecular flexibility index (Phi) is 6.05. The summed E-state index contributed by atoms with van der Waals surface area (Å²) >= 11 is 0. The maximum Gasteiger partial charge on any atom is 0.0190 e. The Morgan fingerprint density at radius 2 is 1.27 bits per heavy atom. The SMILES string of the molecule is CCCCC1=CCC(C(C)(C)C2c3cc(C(C)(C)C)ccc3-c3ccc(C(C)(C)C)cc32)=C1. The van der Waals surface area contributed by atoms with Gasteiger partial charge in [0.25, 0.3) is 0 Å². The van der Waals surface area contributed by atoms with Crippen molar-refractivity contribution >= 4 is 0 Å². The molecule has 0 aliphatic heterocycles. The van der Waals surface area contributed by atoms with Crippen LogP contribution in [0.5, 0.6) is 0 Å². The highest BCUT2D eigenvalue weighted by molar-refractivity contribution is 5.80. The third kappa shape index (κ3) is 4.39. The van der Waals surface area contributed by atoms with Gasteiger partial charge in [0.2, 0.25) is 0 Å². The first-order valence-corrected chi connectivity index (χ1v) is 13.0. The highest BCUT2D eigenvalue weighted by Gasteiger charge is 2.42. The summed E-state index contributed by atoms with van der Waals surface area (Å²) in [4.78, 5) is 0. The van der Waals surface area contributed by atoms with Crippen LogP contribution in [0, 0.1) is 5.41 Å². The van der Waals surface area contributed by atoms with Gasteiger partial charge < -0.3 is 0 Å². The molecular weight excluding hydrogens is 396 g/mol. The van der Waals surface area contributed by atoms with Gasteiger partial charge in [0.1, 0.15) is 0 Å². The Bertz CT molecular complexity index is 1040. The van der Waals surface area contributed by atoms with Crippen molar-refractivity contribution < 1.29 is 0 Å². The van der Waals surface area contributed by atoms with Crippen LogP contribution < -0.4 is 0 Å². The summed E-state index contributed by atoms with van der Waals surface area (Å²) < 4.78 is 0. The molecule has 0 radical (unpaired) electrons. The average Bonchev–Trinajstić information content (AvgIpc) is 3.33. The molecule has 0 unspecified atom stereocenters. The molecule has 2 aromatic carbocycles. The molecule has 2 aromatic rings. The molecule has 4 rings (SSSR count). The van der Waals surface area contributed by atoms with Gasteiger partial charge in [0.15, 0.2) is 0 Å². The summed E-state index contributed by atoms with van der Waals surface area (Å²) in [7, 11) is 0. The third-order valence-corrected chi connectivity index (χ3v) is 8.06. The molecule has 0 atom stereocenters. The lowest BCUT2D eigenvalue weighted by Crippen LogP contribution is -2.25. The van der Waals surface area contributed by atoms with Crippen LogP contribution in [0.4, 0.5) is 0 Å². The Labute approximate surface area is 203 Å². The molecule has 0 heterocycles. The zero-order valence-electron chi connectivity index (χ0n) is 22.5. The lowest BCUT2D eigenvalue weighted by atomic mass is 9.67. The smallest absolute Gasteiger partial charge is 0.0190 e. The number of fused-ring (bicyclic) bond motifs is 3. The fraction of sp³-hybridized carbons (Fsp3) is 0.515. The molecule has 176 valence electrons. The quantitative estimate of drug-likeness (QED) is 0.434. The summed E-state index contributed by atoms with van der Waals surface area (Å²) in [6.07, 6.45) is 9.89. The lowest BCUT2D eigenvalue weighted by molar-refractivity contribution is 0.387. The summed E-state index contributed by atoms with van der Waals surface area (Å²) in [5, 5.41) is 0. The number of unbranched alkanes of at least 4 members (excludes halogenated alkanes) is 1. The van der Waals surface area contributed by atoms with E-state index in [9.17, 15) is 0 Å². The number of allylic oxidation sites excluding steroid dienone is 4. The van der Waals surface area contributed by atoms with Crippen molar-refractivity contribution in [2.24, 2.45) is 5.41 Å². The van der Waals surface area contributed by atoms with Crippen molar-refractivity contribution in [3.05, 3.63) is 82.0 Å². The summed E-state index contributed by atoms with van der Waals surface area (Å²) in [5.74, 6) is 0.386. The first-order valence-electron chi connectivity index (χ1n) is 13.0. The van der Waals surface area contributed by atoms with E-state index in [4.69, 9.17) is 0 Å². The van der Waals surface area contributed by atoms with E-state index < -0.39 is 0 Å². The van der Waals surface area contributed by atoms with Crippen molar-refractivity contribution in [2.75, 3.05) is 0 Å². The number of hydrogen-bond acceptors (Lipinski definition) is 0. The molecule has 0 heteroatoms. The van der Waals surface area contributed by atoms with Gasteiger partial charge in [0.05, 0.1) is 0 Å². The van der Waals surface area contributed by atoms with E-state index in [1.807, 2.05) is 0 Å². The highest BCUT2D eigenvalue weighted by atomic mass is 14.5. The molecular formula is C33H44. The Morgan fingerprint density at radius 3 is 1.73 bits per heavy atom. The largest absolute Gasteiger partial charge is 0.0772 e. The minimum Gasteiger partial charge on any atom is -0.0772 e. The van der Waals surface area contributed by atoms with Crippen molar-refractivity contribution in [1.29, 1.82) is 0 Å². The van der Waals surface area contributed by atoms with E-state index in [0.717, 1.165) is 6.42 Å². The number of benzene rings is 2. The van der Waals surface area contributed by atoms with E-state index in [1.54, 1.807) is 11.1 Å². The molecule has 0 spiro atoms. The fourth-order valence-electron chi connectivity index (χ4n) is 5.74. The minimum atomic E-state index is 0.0669. The number of hydrogen-bond donors (Lipinski definition) is 0. The summed E-state index contributed by atoms with van der Waals surface area (Å²) in [5.41, 5.74) is 12.3. The first kappa shape index (κ1) is 24.1. The van der Waals surface area contributed by atoms with Crippen molar-refractivity contribution in [3.8, 4) is 11.1 Å². The predicted octanol–water partition coefficient (Wildman–Crippen LogP) is 9.87. The summed E-state index contributed by atoms with van der Waals surface area (Å²) in [6.45, 7) is 21.3. The molecule has 2 aliphatic carbocycles. The number of rotatable bonds is 5. The van der Waals surface area contributed by atoms with Crippen LogP contribution in [0.2, 0.25) is 0 Å². The highest BCUT2D eigenvalue weighted by Crippen LogP contribution is 2.57. The summed E-state index contributed by atoms with van der Waals surface area (Å²) in [6, 6.07) is 14.6. The van der Waals surface area contributed by atoms with Gasteiger partial charge >= 0.3 is 0 Å².